The van der Waals surface area contributed by atoms with Crippen LogP contribution in [-0.2, 0) is 0 Å². The van der Waals surface area contributed by atoms with Gasteiger partial charge in [-0.3, -0.25) is 0 Å². The van der Waals surface area contributed by atoms with Crippen molar-refractivity contribution < 1.29 is 9.53 Å². The number of amides is 2. The minimum Gasteiger partial charge on any atom is -0.493 e. The number of fused-ring (bicyclic) bond motifs is 1. The van der Waals surface area contributed by atoms with E-state index in [0.29, 0.717) is 12.6 Å². The number of aryl methyl sites for hydroxylation is 1. The van der Waals surface area contributed by atoms with Crippen LogP contribution in [0.15, 0.2) is 18.2 Å². The predicted molar refractivity (Wildman–Crippen MR) is 82.6 cm³/mol. The third-order valence-corrected chi connectivity index (χ3v) is 4.45. The van der Waals surface area contributed by atoms with E-state index in [4.69, 9.17) is 4.74 Å². The number of benzene rings is 1. The molecule has 0 bridgehead atoms. The van der Waals surface area contributed by atoms with Crippen molar-refractivity contribution in [2.75, 3.05) is 6.61 Å². The molecule has 3 rings (SSSR count). The molecule has 2 amide bonds. The van der Waals surface area contributed by atoms with Crippen molar-refractivity contribution in [3.63, 3.8) is 0 Å². The number of urea groups is 1. The number of carbonyl (C=O) groups excluding carboxylic acids is 1. The lowest BCUT2D eigenvalue weighted by atomic mass is 9.95. The molecule has 1 aromatic rings. The van der Waals surface area contributed by atoms with Crippen molar-refractivity contribution in [3.8, 4) is 5.75 Å². The third kappa shape index (κ3) is 3.49. The van der Waals surface area contributed by atoms with Gasteiger partial charge in [0.05, 0.1) is 12.6 Å². The van der Waals surface area contributed by atoms with Gasteiger partial charge < -0.3 is 15.4 Å². The van der Waals surface area contributed by atoms with Gasteiger partial charge in [-0.2, -0.15) is 0 Å². The fourth-order valence-corrected chi connectivity index (χ4v) is 3.30. The Balaban J connectivity index is 1.63. The van der Waals surface area contributed by atoms with E-state index in [1.165, 1.54) is 24.8 Å². The molecular weight excluding hydrogens is 264 g/mol. The highest BCUT2D eigenvalue weighted by molar-refractivity contribution is 5.75. The summed E-state index contributed by atoms with van der Waals surface area (Å²) in [6.07, 6.45) is 6.79. The number of nitrogens with one attached hydrogen (secondary N) is 2. The number of hydrogen-bond acceptors (Lipinski definition) is 2. The summed E-state index contributed by atoms with van der Waals surface area (Å²) in [6.45, 7) is 2.72. The van der Waals surface area contributed by atoms with Gasteiger partial charge in [0, 0.05) is 18.0 Å². The second-order valence-corrected chi connectivity index (χ2v) is 6.18. The SMILES string of the molecule is Cc1ccc2c(c1)C(NC(=O)NC1CCCCC1)CCO2. The average molecular weight is 288 g/mol. The maximum Gasteiger partial charge on any atom is 0.315 e. The molecule has 1 aliphatic carbocycles. The van der Waals surface area contributed by atoms with Crippen LogP contribution in [0, 0.1) is 6.92 Å². The number of rotatable bonds is 2. The first-order valence-corrected chi connectivity index (χ1v) is 8.03. The molecule has 0 saturated heterocycles. The second-order valence-electron chi connectivity index (χ2n) is 6.18. The first-order valence-electron chi connectivity index (χ1n) is 8.03. The van der Waals surface area contributed by atoms with E-state index in [-0.39, 0.29) is 12.1 Å². The smallest absolute Gasteiger partial charge is 0.315 e. The van der Waals surface area contributed by atoms with Crippen LogP contribution in [-0.4, -0.2) is 18.7 Å². The number of carbonyl (C=O) groups is 1. The van der Waals surface area contributed by atoms with Gasteiger partial charge >= 0.3 is 6.03 Å². The minimum absolute atomic E-state index is 0.0405. The molecule has 0 aromatic heterocycles. The molecule has 1 unspecified atom stereocenters. The van der Waals surface area contributed by atoms with Gasteiger partial charge in [-0.1, -0.05) is 37.0 Å². The minimum atomic E-state index is -0.0405. The molecule has 2 aliphatic rings. The predicted octanol–water partition coefficient (Wildman–Crippen LogP) is 3.45. The summed E-state index contributed by atoms with van der Waals surface area (Å²) in [7, 11) is 0. The summed E-state index contributed by atoms with van der Waals surface area (Å²) in [6, 6.07) is 6.51. The lowest BCUT2D eigenvalue weighted by molar-refractivity contribution is 0.217. The van der Waals surface area contributed by atoms with Crippen molar-refractivity contribution in [2.45, 2.75) is 57.5 Å². The first kappa shape index (κ1) is 14.2. The monoisotopic (exact) mass is 288 g/mol. The Labute approximate surface area is 126 Å². The molecule has 2 N–H and O–H groups in total. The van der Waals surface area contributed by atoms with E-state index in [0.717, 1.165) is 30.6 Å². The standard InChI is InChI=1S/C17H24N2O2/c1-12-7-8-16-14(11-12)15(9-10-21-16)19-17(20)18-13-5-3-2-4-6-13/h7-8,11,13,15H,2-6,9-10H2,1H3,(H2,18,19,20). The van der Waals surface area contributed by atoms with E-state index >= 15 is 0 Å². The van der Waals surface area contributed by atoms with Crippen LogP contribution in [0.1, 0.15) is 55.7 Å². The third-order valence-electron chi connectivity index (χ3n) is 4.45. The number of ether oxygens (including phenoxy) is 1. The Morgan fingerprint density at radius 2 is 1.95 bits per heavy atom. The summed E-state index contributed by atoms with van der Waals surface area (Å²) in [5, 5.41) is 6.24. The number of hydrogen-bond donors (Lipinski definition) is 2. The second kappa shape index (κ2) is 6.37. The molecule has 1 heterocycles. The van der Waals surface area contributed by atoms with E-state index in [9.17, 15) is 4.79 Å². The topological polar surface area (TPSA) is 50.4 Å². The van der Waals surface area contributed by atoms with Crippen LogP contribution in [0.5, 0.6) is 5.75 Å². The van der Waals surface area contributed by atoms with Gasteiger partial charge in [0.2, 0.25) is 0 Å². The first-order chi connectivity index (χ1) is 10.2. The zero-order chi connectivity index (χ0) is 14.7. The van der Waals surface area contributed by atoms with Crippen molar-refractivity contribution in [1.82, 2.24) is 10.6 Å². The maximum atomic E-state index is 12.2. The molecule has 4 heteroatoms. The van der Waals surface area contributed by atoms with Crippen molar-refractivity contribution in [2.24, 2.45) is 0 Å². The molecule has 21 heavy (non-hydrogen) atoms. The molecule has 1 aliphatic heterocycles. The Bertz CT molecular complexity index is 510. The van der Waals surface area contributed by atoms with Crippen molar-refractivity contribution in [3.05, 3.63) is 29.3 Å². The van der Waals surface area contributed by atoms with Crippen LogP contribution in [0.3, 0.4) is 0 Å². The Morgan fingerprint density at radius 3 is 2.76 bits per heavy atom. The molecule has 1 aromatic carbocycles. The van der Waals surface area contributed by atoms with Gasteiger partial charge in [-0.25, -0.2) is 4.79 Å². The van der Waals surface area contributed by atoms with E-state index in [1.807, 2.05) is 12.1 Å². The highest BCUT2D eigenvalue weighted by Crippen LogP contribution is 2.32. The quantitative estimate of drug-likeness (QED) is 0.875. The lowest BCUT2D eigenvalue weighted by Gasteiger charge is -2.29. The largest absolute Gasteiger partial charge is 0.493 e. The Hall–Kier alpha value is -1.71. The summed E-state index contributed by atoms with van der Waals surface area (Å²) >= 11 is 0. The molecule has 0 spiro atoms. The summed E-state index contributed by atoms with van der Waals surface area (Å²) in [5.41, 5.74) is 2.29. The molecule has 1 saturated carbocycles. The summed E-state index contributed by atoms with van der Waals surface area (Å²) < 4.78 is 5.67. The normalized spacial score (nSPS) is 22.0. The van der Waals surface area contributed by atoms with Gasteiger partial charge in [0.25, 0.3) is 0 Å². The molecule has 0 radical (unpaired) electrons. The van der Waals surface area contributed by atoms with Crippen LogP contribution in [0.25, 0.3) is 0 Å². The van der Waals surface area contributed by atoms with Crippen LogP contribution < -0.4 is 15.4 Å². The van der Waals surface area contributed by atoms with E-state index in [2.05, 4.69) is 23.6 Å². The molecular formula is C17H24N2O2. The Morgan fingerprint density at radius 1 is 1.14 bits per heavy atom. The highest BCUT2D eigenvalue weighted by Gasteiger charge is 2.24. The van der Waals surface area contributed by atoms with Crippen molar-refractivity contribution >= 4 is 6.03 Å². The lowest BCUT2D eigenvalue weighted by Crippen LogP contribution is -2.45. The van der Waals surface area contributed by atoms with Crippen LogP contribution >= 0.6 is 0 Å². The summed E-state index contributed by atoms with van der Waals surface area (Å²) in [5.74, 6) is 0.898. The molecule has 114 valence electrons. The fourth-order valence-electron chi connectivity index (χ4n) is 3.30. The van der Waals surface area contributed by atoms with Gasteiger partial charge in [0.1, 0.15) is 5.75 Å². The highest BCUT2D eigenvalue weighted by atomic mass is 16.5. The average Bonchev–Trinajstić information content (AvgIpc) is 2.49. The van der Waals surface area contributed by atoms with Gasteiger partial charge in [0.15, 0.2) is 0 Å². The van der Waals surface area contributed by atoms with Crippen LogP contribution in [0.4, 0.5) is 4.79 Å². The maximum absolute atomic E-state index is 12.2. The van der Waals surface area contributed by atoms with Crippen LogP contribution in [0.2, 0.25) is 0 Å². The zero-order valence-electron chi connectivity index (χ0n) is 12.7. The van der Waals surface area contributed by atoms with Crippen molar-refractivity contribution in [1.29, 1.82) is 0 Å². The zero-order valence-corrected chi connectivity index (χ0v) is 12.7. The Kier molecular flexibility index (Phi) is 4.32. The fraction of sp³-hybridized carbons (Fsp3) is 0.588. The van der Waals surface area contributed by atoms with Gasteiger partial charge in [-0.15, -0.1) is 0 Å². The molecule has 1 atom stereocenters. The summed E-state index contributed by atoms with van der Waals surface area (Å²) in [4.78, 5) is 12.2. The van der Waals surface area contributed by atoms with E-state index < -0.39 is 0 Å². The molecule has 4 nitrogen and oxygen atoms in total. The molecule has 1 fully saturated rings. The van der Waals surface area contributed by atoms with E-state index in [1.54, 1.807) is 0 Å². The van der Waals surface area contributed by atoms with Gasteiger partial charge in [-0.05, 0) is 25.8 Å².